The molecule has 2 aliphatic heterocycles. The lowest BCUT2D eigenvalue weighted by Gasteiger charge is -2.30. The summed E-state index contributed by atoms with van der Waals surface area (Å²) >= 11 is 1.52. The van der Waals surface area contributed by atoms with E-state index in [4.69, 9.17) is 19.2 Å². The van der Waals surface area contributed by atoms with Crippen molar-refractivity contribution in [1.29, 1.82) is 0 Å². The predicted molar refractivity (Wildman–Crippen MR) is 112 cm³/mol. The maximum absolute atomic E-state index is 13.5. The normalized spacial score (nSPS) is 20.7. The maximum atomic E-state index is 13.5. The molecule has 1 amide bonds. The molecular weight excluding hydrogens is 388 g/mol. The first-order valence-electron chi connectivity index (χ1n) is 9.86. The Kier molecular flexibility index (Phi) is 4.85. The first-order chi connectivity index (χ1) is 14.2. The third-order valence-corrected chi connectivity index (χ3v) is 6.26. The molecule has 2 atom stereocenters. The molecule has 1 saturated heterocycles. The smallest absolute Gasteiger partial charge is 0.273 e. The number of thiazole rings is 1. The van der Waals surface area contributed by atoms with Gasteiger partial charge < -0.3 is 14.2 Å². The van der Waals surface area contributed by atoms with Gasteiger partial charge in [-0.1, -0.05) is 29.5 Å². The summed E-state index contributed by atoms with van der Waals surface area (Å²) in [6.07, 6.45) is 1.27. The molecule has 2 aromatic carbocycles. The fourth-order valence-electron chi connectivity index (χ4n) is 3.70. The summed E-state index contributed by atoms with van der Waals surface area (Å²) in [5.74, 6) is 1.11. The predicted octanol–water partition coefficient (Wildman–Crippen LogP) is 3.96. The zero-order chi connectivity index (χ0) is 19.8. The van der Waals surface area contributed by atoms with Gasteiger partial charge in [-0.25, -0.2) is 4.98 Å². The fourth-order valence-corrected chi connectivity index (χ4v) is 4.78. The summed E-state index contributed by atoms with van der Waals surface area (Å²) in [5.41, 5.74) is 2.07. The molecule has 0 radical (unpaired) electrons. The molecule has 0 N–H and O–H groups in total. The molecule has 2 unspecified atom stereocenters. The van der Waals surface area contributed by atoms with Crippen LogP contribution in [0.3, 0.4) is 0 Å². The van der Waals surface area contributed by atoms with Crippen molar-refractivity contribution in [1.82, 2.24) is 4.98 Å². The Morgan fingerprint density at radius 2 is 2.10 bits per heavy atom. The van der Waals surface area contributed by atoms with Crippen LogP contribution < -0.4 is 14.4 Å². The Labute approximate surface area is 173 Å². The number of para-hydroxylation sites is 2. The number of aromatic nitrogens is 1. The Balaban J connectivity index is 1.45. The second-order valence-electron chi connectivity index (χ2n) is 7.42. The van der Waals surface area contributed by atoms with Crippen molar-refractivity contribution in [3.8, 4) is 11.5 Å². The minimum Gasteiger partial charge on any atom is -0.485 e. The van der Waals surface area contributed by atoms with Crippen LogP contribution in [0.4, 0.5) is 5.13 Å². The highest BCUT2D eigenvalue weighted by atomic mass is 32.1. The number of rotatable bonds is 4. The van der Waals surface area contributed by atoms with Crippen molar-refractivity contribution in [3.05, 3.63) is 48.0 Å². The summed E-state index contributed by atoms with van der Waals surface area (Å²) in [4.78, 5) is 19.9. The monoisotopic (exact) mass is 410 g/mol. The fraction of sp³-hybridized carbons (Fsp3) is 0.364. The standard InChI is InChI=1S/C22H22N2O4S/c1-14-8-9-16-20(11-14)29-22(23-16)24(12-15-5-4-10-26-15)21(25)19-13-27-17-6-2-3-7-18(17)28-19/h2-3,6-9,11,15,19H,4-5,10,12-13H2,1H3. The Bertz CT molecular complexity index is 1040. The zero-order valence-corrected chi connectivity index (χ0v) is 17.0. The second-order valence-corrected chi connectivity index (χ2v) is 8.42. The molecule has 3 heterocycles. The Morgan fingerprint density at radius 3 is 2.93 bits per heavy atom. The van der Waals surface area contributed by atoms with E-state index >= 15 is 0 Å². The van der Waals surface area contributed by atoms with Gasteiger partial charge in [-0.2, -0.15) is 0 Å². The van der Waals surface area contributed by atoms with E-state index in [2.05, 4.69) is 13.0 Å². The van der Waals surface area contributed by atoms with Crippen LogP contribution in [0.1, 0.15) is 18.4 Å². The number of nitrogens with zero attached hydrogens (tertiary/aromatic N) is 2. The van der Waals surface area contributed by atoms with Crippen LogP contribution in [0.15, 0.2) is 42.5 Å². The van der Waals surface area contributed by atoms with Crippen molar-refractivity contribution in [2.45, 2.75) is 32.0 Å². The van der Waals surface area contributed by atoms with Crippen LogP contribution in [0, 0.1) is 6.92 Å². The number of hydrogen-bond donors (Lipinski definition) is 0. The van der Waals surface area contributed by atoms with Crippen LogP contribution in [0.25, 0.3) is 10.2 Å². The van der Waals surface area contributed by atoms with Crippen molar-refractivity contribution in [3.63, 3.8) is 0 Å². The van der Waals surface area contributed by atoms with E-state index in [1.54, 1.807) is 4.90 Å². The highest BCUT2D eigenvalue weighted by Crippen LogP contribution is 2.34. The van der Waals surface area contributed by atoms with Gasteiger partial charge in [0, 0.05) is 6.61 Å². The number of carbonyl (C=O) groups excluding carboxylic acids is 1. The van der Waals surface area contributed by atoms with Crippen molar-refractivity contribution >= 4 is 32.6 Å². The maximum Gasteiger partial charge on any atom is 0.273 e. The Hall–Kier alpha value is -2.64. The molecule has 1 fully saturated rings. The number of benzene rings is 2. The van der Waals surface area contributed by atoms with Crippen LogP contribution in [0.2, 0.25) is 0 Å². The topological polar surface area (TPSA) is 60.9 Å². The molecule has 29 heavy (non-hydrogen) atoms. The van der Waals surface area contributed by atoms with E-state index in [1.807, 2.05) is 36.4 Å². The van der Waals surface area contributed by atoms with Gasteiger partial charge in [0.25, 0.3) is 5.91 Å². The van der Waals surface area contributed by atoms with E-state index in [1.165, 1.54) is 16.9 Å². The van der Waals surface area contributed by atoms with E-state index in [0.29, 0.717) is 23.2 Å². The van der Waals surface area contributed by atoms with Gasteiger partial charge in [-0.05, 0) is 49.6 Å². The number of aryl methyl sites for hydroxylation is 1. The van der Waals surface area contributed by atoms with Gasteiger partial charge in [0.15, 0.2) is 16.6 Å². The van der Waals surface area contributed by atoms with Gasteiger partial charge in [-0.15, -0.1) is 0 Å². The minimum absolute atomic E-state index is 0.0180. The number of anilines is 1. The largest absolute Gasteiger partial charge is 0.485 e. The number of ether oxygens (including phenoxy) is 3. The number of fused-ring (bicyclic) bond motifs is 2. The SMILES string of the molecule is Cc1ccc2nc(N(CC3CCCO3)C(=O)C3COc4ccccc4O3)sc2c1. The van der Waals surface area contributed by atoms with Crippen molar-refractivity contribution in [2.24, 2.45) is 0 Å². The van der Waals surface area contributed by atoms with Crippen molar-refractivity contribution in [2.75, 3.05) is 24.7 Å². The molecule has 2 aliphatic rings. The van der Waals surface area contributed by atoms with Crippen LogP contribution in [-0.2, 0) is 9.53 Å². The molecule has 5 rings (SSSR count). The summed E-state index contributed by atoms with van der Waals surface area (Å²) in [6, 6.07) is 13.5. The van der Waals surface area contributed by atoms with Gasteiger partial charge in [0.1, 0.15) is 6.61 Å². The molecular formula is C22H22N2O4S. The molecule has 3 aromatic rings. The summed E-state index contributed by atoms with van der Waals surface area (Å²) in [7, 11) is 0. The molecule has 7 heteroatoms. The molecule has 150 valence electrons. The molecule has 0 bridgehead atoms. The quantitative estimate of drug-likeness (QED) is 0.652. The van der Waals surface area contributed by atoms with Crippen LogP contribution in [0.5, 0.6) is 11.5 Å². The van der Waals surface area contributed by atoms with E-state index in [0.717, 1.165) is 29.7 Å². The second kappa shape index (κ2) is 7.65. The summed E-state index contributed by atoms with van der Waals surface area (Å²) in [5, 5.41) is 0.675. The highest BCUT2D eigenvalue weighted by Gasteiger charge is 2.35. The van der Waals surface area contributed by atoms with Crippen LogP contribution >= 0.6 is 11.3 Å². The molecule has 0 saturated carbocycles. The lowest BCUT2D eigenvalue weighted by atomic mass is 10.2. The first kappa shape index (κ1) is 18.4. The van der Waals surface area contributed by atoms with E-state index in [-0.39, 0.29) is 18.6 Å². The summed E-state index contributed by atoms with van der Waals surface area (Å²) < 4.78 is 18.6. The number of carbonyl (C=O) groups is 1. The van der Waals surface area contributed by atoms with Gasteiger partial charge in [0.2, 0.25) is 6.10 Å². The van der Waals surface area contributed by atoms with Crippen molar-refractivity contribution < 1.29 is 19.0 Å². The van der Waals surface area contributed by atoms with Gasteiger partial charge in [0.05, 0.1) is 22.9 Å². The average Bonchev–Trinajstić information content (AvgIpc) is 3.40. The third-order valence-electron chi connectivity index (χ3n) is 5.22. The number of hydrogen-bond acceptors (Lipinski definition) is 6. The zero-order valence-electron chi connectivity index (χ0n) is 16.2. The lowest BCUT2D eigenvalue weighted by Crippen LogP contribution is -2.48. The average molecular weight is 410 g/mol. The number of amides is 1. The summed E-state index contributed by atoms with van der Waals surface area (Å²) in [6.45, 7) is 3.45. The van der Waals surface area contributed by atoms with E-state index < -0.39 is 6.10 Å². The molecule has 1 aromatic heterocycles. The van der Waals surface area contributed by atoms with Crippen LogP contribution in [-0.4, -0.2) is 42.9 Å². The third kappa shape index (κ3) is 3.68. The first-order valence-corrected chi connectivity index (χ1v) is 10.7. The lowest BCUT2D eigenvalue weighted by molar-refractivity contribution is -0.128. The molecule has 0 aliphatic carbocycles. The molecule has 0 spiro atoms. The Morgan fingerprint density at radius 1 is 1.24 bits per heavy atom. The minimum atomic E-state index is -0.708. The van der Waals surface area contributed by atoms with Gasteiger partial charge in [-0.3, -0.25) is 9.69 Å². The molecule has 6 nitrogen and oxygen atoms in total. The highest BCUT2D eigenvalue weighted by molar-refractivity contribution is 7.22. The van der Waals surface area contributed by atoms with Gasteiger partial charge >= 0.3 is 0 Å². The van der Waals surface area contributed by atoms with E-state index in [9.17, 15) is 4.79 Å².